The van der Waals surface area contributed by atoms with Gasteiger partial charge in [-0.1, -0.05) is 72.8 Å². The molecule has 10 rings (SSSR count). The molecule has 5 aromatic carbocycles. The normalized spacial score (nSPS) is 12.3. The Balaban J connectivity index is 1.51. The van der Waals surface area contributed by atoms with Crippen molar-refractivity contribution in [2.75, 3.05) is 0 Å². The zero-order valence-corrected chi connectivity index (χ0v) is 22.1. The van der Waals surface area contributed by atoms with Crippen molar-refractivity contribution >= 4 is 81.7 Å². The van der Waals surface area contributed by atoms with Crippen LogP contribution in [0.15, 0.2) is 109 Å². The third-order valence-corrected chi connectivity index (χ3v) is 8.74. The first kappa shape index (κ1) is 21.7. The van der Waals surface area contributed by atoms with Crippen molar-refractivity contribution in [2.45, 2.75) is 0 Å². The molecule has 0 aliphatic carbocycles. The molecule has 6 nitrogen and oxygen atoms in total. The van der Waals surface area contributed by atoms with Crippen LogP contribution in [0.1, 0.15) is 5.69 Å². The number of rotatable bonds is 1. The summed E-state index contributed by atoms with van der Waals surface area (Å²) in [6.45, 7) is 0. The van der Waals surface area contributed by atoms with E-state index in [2.05, 4.69) is 105 Å². The van der Waals surface area contributed by atoms with E-state index in [9.17, 15) is 5.26 Å². The molecule has 5 aromatic heterocycles. The molecule has 5 heterocycles. The highest BCUT2D eigenvalue weighted by Gasteiger charge is 2.25. The molecule has 0 atom stereocenters. The van der Waals surface area contributed by atoms with Crippen molar-refractivity contribution in [3.8, 4) is 12.0 Å². The molecular formula is C36H18N6. The van der Waals surface area contributed by atoms with Crippen molar-refractivity contribution in [3.05, 3.63) is 115 Å². The Morgan fingerprint density at radius 3 is 2.26 bits per heavy atom. The maximum absolute atomic E-state index is 10.0. The zero-order chi connectivity index (χ0) is 27.5. The Morgan fingerprint density at radius 1 is 0.595 bits per heavy atom. The Kier molecular flexibility index (Phi) is 3.91. The van der Waals surface area contributed by atoms with E-state index in [1.807, 2.05) is 18.2 Å². The smallest absolute Gasteiger partial charge is 0.236 e. The summed E-state index contributed by atoms with van der Waals surface area (Å²) in [5.74, 6) is 0.463. The second-order valence-electron chi connectivity index (χ2n) is 10.8. The van der Waals surface area contributed by atoms with Gasteiger partial charge < -0.3 is 4.40 Å². The van der Waals surface area contributed by atoms with Gasteiger partial charge in [0, 0.05) is 43.9 Å². The van der Waals surface area contributed by atoms with Crippen LogP contribution < -0.4 is 0 Å². The van der Waals surface area contributed by atoms with E-state index in [1.165, 1.54) is 48.9 Å². The van der Waals surface area contributed by atoms with Crippen LogP contribution in [-0.2, 0) is 0 Å². The van der Waals surface area contributed by atoms with Crippen LogP contribution >= 0.6 is 0 Å². The molecule has 192 valence electrons. The van der Waals surface area contributed by atoms with Crippen LogP contribution in [0.3, 0.4) is 0 Å². The highest BCUT2D eigenvalue weighted by Crippen LogP contribution is 2.47. The topological polar surface area (TPSA) is 71.8 Å². The van der Waals surface area contributed by atoms with Crippen LogP contribution in [0.4, 0.5) is 0 Å². The summed E-state index contributed by atoms with van der Waals surface area (Å²) in [5, 5.41) is 19.6. The molecule has 0 aliphatic heterocycles. The molecule has 0 saturated carbocycles. The van der Waals surface area contributed by atoms with Gasteiger partial charge in [-0.05, 0) is 35.7 Å². The van der Waals surface area contributed by atoms with Gasteiger partial charge in [0.2, 0.25) is 5.95 Å². The fourth-order valence-electron chi connectivity index (χ4n) is 7.11. The molecule has 6 heteroatoms. The van der Waals surface area contributed by atoms with E-state index >= 15 is 0 Å². The number of hydrogen-bond donors (Lipinski definition) is 0. The lowest BCUT2D eigenvalue weighted by molar-refractivity contribution is 0.998. The van der Waals surface area contributed by atoms with Gasteiger partial charge >= 0.3 is 0 Å². The van der Waals surface area contributed by atoms with E-state index in [0.717, 1.165) is 21.8 Å². The number of hydrogen-bond acceptors (Lipinski definition) is 4. The minimum atomic E-state index is 0.264. The first-order chi connectivity index (χ1) is 20.8. The third-order valence-electron chi connectivity index (χ3n) is 8.74. The molecule has 0 spiro atoms. The van der Waals surface area contributed by atoms with E-state index in [4.69, 9.17) is 9.97 Å². The van der Waals surface area contributed by atoms with Crippen LogP contribution in [-0.4, -0.2) is 23.9 Å². The summed E-state index contributed by atoms with van der Waals surface area (Å²) in [7, 11) is 0. The van der Waals surface area contributed by atoms with Gasteiger partial charge in [0.05, 0.1) is 33.1 Å². The highest BCUT2D eigenvalue weighted by molar-refractivity contribution is 6.37. The van der Waals surface area contributed by atoms with E-state index < -0.39 is 0 Å². The fourth-order valence-corrected chi connectivity index (χ4v) is 7.11. The molecule has 0 unspecified atom stereocenters. The monoisotopic (exact) mass is 534 g/mol. The number of para-hydroxylation sites is 2. The van der Waals surface area contributed by atoms with Gasteiger partial charge in [0.25, 0.3) is 0 Å². The van der Waals surface area contributed by atoms with Crippen LogP contribution in [0, 0.1) is 11.3 Å². The summed E-state index contributed by atoms with van der Waals surface area (Å²) in [6, 6.07) is 38.4. The standard InChI is InChI=1S/C36H18N6/c37-19-27-33-26(12-7-17-38-33)39-36(40-27)41-29-14-6-4-11-23(29)31-30(41)18-25-22-10-3-5-13-28(22)42-34-21-9-2-1-8-20(21)15-16-24(34)32(31)35(25)42/h1-18H. The second kappa shape index (κ2) is 7.57. The average Bonchev–Trinajstić information content (AvgIpc) is 3.68. The SMILES string of the molecule is N#Cc1nc(-n2c3ccccc3c3c4c5ccc6ccccc6c5n5c6ccccc6c(cc32)c45)nc2cccnc12. The number of nitriles is 1. The van der Waals surface area contributed by atoms with Gasteiger partial charge in [-0.25, -0.2) is 4.98 Å². The lowest BCUT2D eigenvalue weighted by Gasteiger charge is -2.08. The number of aromatic nitrogens is 5. The van der Waals surface area contributed by atoms with Gasteiger partial charge in [-0.15, -0.1) is 0 Å². The van der Waals surface area contributed by atoms with E-state index in [0.29, 0.717) is 17.0 Å². The summed E-state index contributed by atoms with van der Waals surface area (Å²) in [5.41, 5.74) is 7.05. The first-order valence-corrected chi connectivity index (χ1v) is 13.9. The first-order valence-electron chi connectivity index (χ1n) is 13.9. The Hall–Kier alpha value is -6.06. The number of fused-ring (bicyclic) bond motifs is 13. The van der Waals surface area contributed by atoms with Crippen molar-refractivity contribution in [1.29, 1.82) is 5.26 Å². The molecule has 10 aromatic rings. The second-order valence-corrected chi connectivity index (χ2v) is 10.8. The number of benzene rings is 5. The lowest BCUT2D eigenvalue weighted by atomic mass is 10.0. The summed E-state index contributed by atoms with van der Waals surface area (Å²) < 4.78 is 4.56. The Morgan fingerprint density at radius 2 is 1.38 bits per heavy atom. The maximum Gasteiger partial charge on any atom is 0.236 e. The lowest BCUT2D eigenvalue weighted by Crippen LogP contribution is -2.04. The Bertz CT molecular complexity index is 2810. The van der Waals surface area contributed by atoms with Gasteiger partial charge in [0.15, 0.2) is 5.69 Å². The minimum absolute atomic E-state index is 0.264. The van der Waals surface area contributed by atoms with Crippen molar-refractivity contribution in [2.24, 2.45) is 0 Å². The van der Waals surface area contributed by atoms with Crippen molar-refractivity contribution in [3.63, 3.8) is 0 Å². The predicted molar refractivity (Wildman–Crippen MR) is 169 cm³/mol. The summed E-state index contributed by atoms with van der Waals surface area (Å²) in [4.78, 5) is 14.1. The van der Waals surface area contributed by atoms with E-state index in [1.54, 1.807) is 6.20 Å². The summed E-state index contributed by atoms with van der Waals surface area (Å²) >= 11 is 0. The quantitative estimate of drug-likeness (QED) is 0.212. The molecular weight excluding hydrogens is 516 g/mol. The molecule has 0 saturated heterocycles. The molecule has 0 N–H and O–H groups in total. The molecule has 42 heavy (non-hydrogen) atoms. The van der Waals surface area contributed by atoms with Gasteiger partial charge in [-0.3, -0.25) is 9.55 Å². The zero-order valence-electron chi connectivity index (χ0n) is 22.1. The largest absolute Gasteiger partial charge is 0.307 e. The predicted octanol–water partition coefficient (Wildman–Crippen LogP) is 8.30. The maximum atomic E-state index is 10.0. The molecule has 0 amide bonds. The van der Waals surface area contributed by atoms with Crippen LogP contribution in [0.25, 0.3) is 87.7 Å². The third kappa shape index (κ3) is 2.52. The van der Waals surface area contributed by atoms with Crippen LogP contribution in [0.2, 0.25) is 0 Å². The van der Waals surface area contributed by atoms with E-state index in [-0.39, 0.29) is 5.69 Å². The molecule has 0 radical (unpaired) electrons. The number of nitrogens with zero attached hydrogens (tertiary/aromatic N) is 6. The number of pyridine rings is 1. The molecule has 0 fully saturated rings. The molecule has 0 bridgehead atoms. The highest BCUT2D eigenvalue weighted by atomic mass is 15.2. The van der Waals surface area contributed by atoms with Gasteiger partial charge in [0.1, 0.15) is 11.6 Å². The van der Waals surface area contributed by atoms with Crippen LogP contribution in [0.5, 0.6) is 0 Å². The minimum Gasteiger partial charge on any atom is -0.307 e. The fraction of sp³-hybridized carbons (Fsp3) is 0. The van der Waals surface area contributed by atoms with Crippen molar-refractivity contribution in [1.82, 2.24) is 23.9 Å². The van der Waals surface area contributed by atoms with Gasteiger partial charge in [-0.2, -0.15) is 10.2 Å². The Labute approximate surface area is 237 Å². The molecule has 0 aliphatic rings. The summed E-state index contributed by atoms with van der Waals surface area (Å²) in [6.07, 6.45) is 1.67. The van der Waals surface area contributed by atoms with Crippen molar-refractivity contribution < 1.29 is 0 Å². The average molecular weight is 535 g/mol.